The van der Waals surface area contributed by atoms with Crippen molar-refractivity contribution >= 4 is 5.91 Å². The molecule has 1 fully saturated rings. The van der Waals surface area contributed by atoms with Crippen LogP contribution >= 0.6 is 0 Å². The van der Waals surface area contributed by atoms with Crippen LogP contribution in [0.4, 0.5) is 0 Å². The lowest BCUT2D eigenvalue weighted by Gasteiger charge is -2.36. The molecule has 1 unspecified atom stereocenters. The lowest BCUT2D eigenvalue weighted by Crippen LogP contribution is -2.52. The molecule has 104 valence electrons. The third-order valence-corrected chi connectivity index (χ3v) is 4.20. The molecule has 1 aromatic rings. The number of carbonyl (C=O) groups is 1. The number of hydrogen-bond acceptors (Lipinski definition) is 3. The van der Waals surface area contributed by atoms with Gasteiger partial charge in [-0.25, -0.2) is 0 Å². The first-order valence-electron chi connectivity index (χ1n) is 7.05. The first kappa shape index (κ1) is 12.7. The molecule has 1 atom stereocenters. The van der Waals surface area contributed by atoms with E-state index in [4.69, 9.17) is 4.42 Å². The highest BCUT2D eigenvalue weighted by molar-refractivity contribution is 5.80. The minimum absolute atomic E-state index is 0.101. The van der Waals surface area contributed by atoms with Gasteiger partial charge in [-0.3, -0.25) is 4.79 Å². The van der Waals surface area contributed by atoms with Crippen LogP contribution in [0.2, 0.25) is 0 Å². The van der Waals surface area contributed by atoms with Gasteiger partial charge in [0.2, 0.25) is 5.91 Å². The van der Waals surface area contributed by atoms with E-state index in [9.17, 15) is 4.79 Å². The highest BCUT2D eigenvalue weighted by Crippen LogP contribution is 2.42. The summed E-state index contributed by atoms with van der Waals surface area (Å²) in [5.74, 6) is 2.30. The van der Waals surface area contributed by atoms with Gasteiger partial charge in [-0.05, 0) is 24.8 Å². The Kier molecular flexibility index (Phi) is 2.93. The molecule has 3 rings (SSSR count). The van der Waals surface area contributed by atoms with E-state index in [1.807, 2.05) is 6.92 Å². The predicted molar refractivity (Wildman–Crippen MR) is 72.8 cm³/mol. The maximum atomic E-state index is 12.1. The zero-order valence-corrected chi connectivity index (χ0v) is 11.9. The number of amides is 1. The topological polar surface area (TPSA) is 54.3 Å². The van der Waals surface area contributed by atoms with Gasteiger partial charge in [-0.15, -0.1) is 0 Å². The fourth-order valence-electron chi connectivity index (χ4n) is 3.08. The molecule has 0 radical (unpaired) electrons. The Morgan fingerprint density at radius 1 is 1.47 bits per heavy atom. The molecule has 1 saturated heterocycles. The molecular formula is C15H22N2O2. The van der Waals surface area contributed by atoms with Gasteiger partial charge in [-0.2, -0.15) is 0 Å². The smallest absolute Gasteiger partial charge is 0.226 e. The van der Waals surface area contributed by atoms with Crippen molar-refractivity contribution in [2.24, 2.45) is 11.3 Å². The zero-order chi connectivity index (χ0) is 13.6. The van der Waals surface area contributed by atoms with Gasteiger partial charge in [-0.1, -0.05) is 13.8 Å². The monoisotopic (exact) mass is 262 g/mol. The molecule has 0 aromatic carbocycles. The molecule has 4 heteroatoms. The second-order valence-corrected chi connectivity index (χ2v) is 6.70. The minimum atomic E-state index is 0.101. The van der Waals surface area contributed by atoms with E-state index in [2.05, 4.69) is 30.5 Å². The van der Waals surface area contributed by atoms with E-state index in [1.54, 1.807) is 0 Å². The van der Waals surface area contributed by atoms with Crippen LogP contribution in [0.25, 0.3) is 0 Å². The Hall–Kier alpha value is -1.29. The summed E-state index contributed by atoms with van der Waals surface area (Å²) in [4.78, 5) is 12.1. The number of furan rings is 1. The van der Waals surface area contributed by atoms with Crippen LogP contribution in [0, 0.1) is 18.3 Å². The number of fused-ring (bicyclic) bond motifs is 1. The number of rotatable bonds is 2. The lowest BCUT2D eigenvalue weighted by atomic mass is 9.74. The van der Waals surface area contributed by atoms with Crippen molar-refractivity contribution in [3.63, 3.8) is 0 Å². The highest BCUT2D eigenvalue weighted by Gasteiger charge is 2.37. The van der Waals surface area contributed by atoms with Crippen LogP contribution < -0.4 is 10.6 Å². The van der Waals surface area contributed by atoms with Crippen molar-refractivity contribution in [3.8, 4) is 0 Å². The van der Waals surface area contributed by atoms with E-state index in [0.29, 0.717) is 0 Å². The predicted octanol–water partition coefficient (Wildman–Crippen LogP) is 1.94. The SMILES string of the molecule is Cc1cc2c(o1)CC(C)(C)CC2NC(=O)C1CNC1. The summed E-state index contributed by atoms with van der Waals surface area (Å²) in [6.45, 7) is 8.05. The largest absolute Gasteiger partial charge is 0.466 e. The van der Waals surface area contributed by atoms with Crippen LogP contribution in [0.3, 0.4) is 0 Å². The third-order valence-electron chi connectivity index (χ3n) is 4.20. The molecule has 0 spiro atoms. The van der Waals surface area contributed by atoms with E-state index >= 15 is 0 Å². The van der Waals surface area contributed by atoms with E-state index in [0.717, 1.165) is 37.5 Å². The van der Waals surface area contributed by atoms with Gasteiger partial charge in [0, 0.05) is 25.1 Å². The highest BCUT2D eigenvalue weighted by atomic mass is 16.3. The maximum Gasteiger partial charge on any atom is 0.226 e. The first-order valence-corrected chi connectivity index (χ1v) is 7.05. The van der Waals surface area contributed by atoms with Crippen LogP contribution in [-0.4, -0.2) is 19.0 Å². The Bertz CT molecular complexity index is 500. The summed E-state index contributed by atoms with van der Waals surface area (Å²) in [5, 5.41) is 6.35. The molecule has 2 N–H and O–H groups in total. The molecule has 0 bridgehead atoms. The summed E-state index contributed by atoms with van der Waals surface area (Å²) in [6, 6.07) is 2.18. The van der Waals surface area contributed by atoms with Gasteiger partial charge < -0.3 is 15.1 Å². The summed E-state index contributed by atoms with van der Waals surface area (Å²) in [5.41, 5.74) is 1.35. The fraction of sp³-hybridized carbons (Fsp3) is 0.667. The standard InChI is InChI=1S/C15H22N2O2/c1-9-4-11-12(17-14(18)10-7-16-8-10)5-15(2,3)6-13(11)19-9/h4,10,12,16H,5-8H2,1-3H3,(H,17,18). The van der Waals surface area contributed by atoms with Gasteiger partial charge in [0.15, 0.2) is 0 Å². The average molecular weight is 262 g/mol. The Balaban J connectivity index is 1.81. The first-order chi connectivity index (χ1) is 8.94. The second kappa shape index (κ2) is 4.37. The lowest BCUT2D eigenvalue weighted by molar-refractivity contribution is -0.127. The van der Waals surface area contributed by atoms with Crippen LogP contribution in [0.5, 0.6) is 0 Å². The van der Waals surface area contributed by atoms with Crippen molar-refractivity contribution in [2.45, 2.75) is 39.7 Å². The van der Waals surface area contributed by atoms with Crippen LogP contribution in [-0.2, 0) is 11.2 Å². The van der Waals surface area contributed by atoms with Crippen LogP contribution in [0.1, 0.15) is 43.4 Å². The number of nitrogens with one attached hydrogen (secondary N) is 2. The quantitative estimate of drug-likeness (QED) is 0.856. The van der Waals surface area contributed by atoms with Gasteiger partial charge in [0.25, 0.3) is 0 Å². The fourth-order valence-corrected chi connectivity index (χ4v) is 3.08. The molecule has 1 aromatic heterocycles. The second-order valence-electron chi connectivity index (χ2n) is 6.70. The van der Waals surface area contributed by atoms with E-state index in [-0.39, 0.29) is 23.3 Å². The number of carbonyl (C=O) groups excluding carboxylic acids is 1. The molecule has 0 saturated carbocycles. The number of aryl methyl sites for hydroxylation is 1. The minimum Gasteiger partial charge on any atom is -0.466 e. The van der Waals surface area contributed by atoms with Gasteiger partial charge in [0.1, 0.15) is 11.5 Å². The summed E-state index contributed by atoms with van der Waals surface area (Å²) in [7, 11) is 0. The molecule has 2 heterocycles. The summed E-state index contributed by atoms with van der Waals surface area (Å²) < 4.78 is 5.79. The molecule has 19 heavy (non-hydrogen) atoms. The Morgan fingerprint density at radius 3 is 2.84 bits per heavy atom. The zero-order valence-electron chi connectivity index (χ0n) is 11.9. The number of hydrogen-bond donors (Lipinski definition) is 2. The third kappa shape index (κ3) is 2.41. The van der Waals surface area contributed by atoms with E-state index in [1.165, 1.54) is 5.56 Å². The maximum absolute atomic E-state index is 12.1. The summed E-state index contributed by atoms with van der Waals surface area (Å²) in [6.07, 6.45) is 1.93. The summed E-state index contributed by atoms with van der Waals surface area (Å²) >= 11 is 0. The van der Waals surface area contributed by atoms with Crippen molar-refractivity contribution in [3.05, 3.63) is 23.2 Å². The van der Waals surface area contributed by atoms with Crippen molar-refractivity contribution in [2.75, 3.05) is 13.1 Å². The molecular weight excluding hydrogens is 240 g/mol. The van der Waals surface area contributed by atoms with Crippen molar-refractivity contribution in [1.82, 2.24) is 10.6 Å². The Morgan fingerprint density at radius 2 is 2.21 bits per heavy atom. The molecule has 1 amide bonds. The average Bonchev–Trinajstić information content (AvgIpc) is 2.53. The Labute approximate surface area is 113 Å². The van der Waals surface area contributed by atoms with Crippen molar-refractivity contribution < 1.29 is 9.21 Å². The van der Waals surface area contributed by atoms with E-state index < -0.39 is 0 Å². The van der Waals surface area contributed by atoms with Crippen molar-refractivity contribution in [1.29, 1.82) is 0 Å². The molecule has 4 nitrogen and oxygen atoms in total. The van der Waals surface area contributed by atoms with Gasteiger partial charge in [0.05, 0.1) is 12.0 Å². The molecule has 2 aliphatic rings. The van der Waals surface area contributed by atoms with Crippen LogP contribution in [0.15, 0.2) is 10.5 Å². The molecule has 1 aliphatic heterocycles. The molecule has 1 aliphatic carbocycles. The van der Waals surface area contributed by atoms with Gasteiger partial charge >= 0.3 is 0 Å². The normalized spacial score (nSPS) is 25.5.